The third-order valence-electron chi connectivity index (χ3n) is 6.18. The molecule has 0 saturated carbocycles. The molecule has 1 aliphatic rings. The van der Waals surface area contributed by atoms with Crippen molar-refractivity contribution in [2.45, 2.75) is 26.7 Å². The van der Waals surface area contributed by atoms with Crippen molar-refractivity contribution in [2.24, 2.45) is 5.92 Å². The summed E-state index contributed by atoms with van der Waals surface area (Å²) in [6, 6.07) is 12.2. The number of halogens is 2. The number of imidazole rings is 1. The predicted octanol–water partition coefficient (Wildman–Crippen LogP) is 5.45. The molecule has 1 saturated heterocycles. The molecule has 0 unspecified atom stereocenters. The van der Waals surface area contributed by atoms with Gasteiger partial charge in [-0.05, 0) is 74.7 Å². The fraction of sp³-hybridized carbons (Fsp3) is 0.320. The van der Waals surface area contributed by atoms with Crippen molar-refractivity contribution >= 4 is 45.5 Å². The van der Waals surface area contributed by atoms with Crippen LogP contribution in [-0.2, 0) is 9.53 Å². The van der Waals surface area contributed by atoms with Gasteiger partial charge in [-0.3, -0.25) is 9.36 Å². The molecule has 0 bridgehead atoms. The number of rotatable bonds is 4. The Hall–Kier alpha value is -3.19. The Morgan fingerprint density at radius 3 is 2.67 bits per heavy atom. The van der Waals surface area contributed by atoms with Crippen molar-refractivity contribution in [1.82, 2.24) is 14.5 Å². The number of carbonyl (C=O) groups is 1. The summed E-state index contributed by atoms with van der Waals surface area (Å²) < 4.78 is 20.9. The summed E-state index contributed by atoms with van der Waals surface area (Å²) in [6.07, 6.45) is 1.40. The van der Waals surface area contributed by atoms with E-state index in [1.165, 1.54) is 12.1 Å². The molecule has 33 heavy (non-hydrogen) atoms. The fourth-order valence-electron chi connectivity index (χ4n) is 4.41. The van der Waals surface area contributed by atoms with Gasteiger partial charge in [0.05, 0.1) is 29.1 Å². The largest absolute Gasteiger partial charge is 0.466 e. The number of anilines is 1. The standard InChI is InChI=1S/C25H24ClFN4O2/c1-3-33-24(32)16-8-10-30(11-9-16)25-29-21-14-19(26)15(2)12-22(21)31(25)23-7-4-17-13-18(27)5-6-20(17)28-23/h4-7,12-14,16H,3,8-11H2,1-2H3. The summed E-state index contributed by atoms with van der Waals surface area (Å²) in [5, 5.41) is 1.39. The van der Waals surface area contributed by atoms with E-state index in [1.54, 1.807) is 6.07 Å². The molecule has 0 atom stereocenters. The number of ether oxygens (including phenoxy) is 1. The van der Waals surface area contributed by atoms with Crippen LogP contribution in [0.15, 0.2) is 42.5 Å². The fourth-order valence-corrected chi connectivity index (χ4v) is 4.57. The van der Waals surface area contributed by atoms with Crippen molar-refractivity contribution in [2.75, 3.05) is 24.6 Å². The van der Waals surface area contributed by atoms with Gasteiger partial charge in [0.1, 0.15) is 11.6 Å². The lowest BCUT2D eigenvalue weighted by Gasteiger charge is -2.31. The van der Waals surface area contributed by atoms with Crippen LogP contribution in [0, 0.1) is 18.7 Å². The highest BCUT2D eigenvalue weighted by Crippen LogP contribution is 2.33. The zero-order chi connectivity index (χ0) is 23.1. The number of esters is 1. The molecule has 1 fully saturated rings. The number of aryl methyl sites for hydroxylation is 1. The van der Waals surface area contributed by atoms with Crippen LogP contribution in [0.4, 0.5) is 10.3 Å². The van der Waals surface area contributed by atoms with E-state index in [0.29, 0.717) is 48.9 Å². The molecule has 2 aromatic heterocycles. The summed E-state index contributed by atoms with van der Waals surface area (Å²) in [5.41, 5.74) is 3.32. The van der Waals surface area contributed by atoms with Crippen LogP contribution in [0.3, 0.4) is 0 Å². The average Bonchev–Trinajstić information content (AvgIpc) is 3.17. The minimum atomic E-state index is -0.291. The first kappa shape index (κ1) is 21.6. The van der Waals surface area contributed by atoms with Gasteiger partial charge in [-0.1, -0.05) is 11.6 Å². The van der Waals surface area contributed by atoms with E-state index in [9.17, 15) is 9.18 Å². The van der Waals surface area contributed by atoms with Gasteiger partial charge in [-0.15, -0.1) is 0 Å². The SMILES string of the molecule is CCOC(=O)C1CCN(c2nc3cc(Cl)c(C)cc3n2-c2ccc3cc(F)ccc3n2)CC1. The van der Waals surface area contributed by atoms with Crippen molar-refractivity contribution in [3.8, 4) is 5.82 Å². The van der Waals surface area contributed by atoms with E-state index >= 15 is 0 Å². The molecule has 1 aliphatic heterocycles. The van der Waals surface area contributed by atoms with Crippen molar-refractivity contribution in [3.63, 3.8) is 0 Å². The van der Waals surface area contributed by atoms with Gasteiger partial charge in [0.15, 0.2) is 0 Å². The predicted molar refractivity (Wildman–Crippen MR) is 128 cm³/mol. The van der Waals surface area contributed by atoms with Crippen LogP contribution in [0.25, 0.3) is 27.8 Å². The summed E-state index contributed by atoms with van der Waals surface area (Å²) in [7, 11) is 0. The second-order valence-electron chi connectivity index (χ2n) is 8.36. The maximum atomic E-state index is 13.6. The van der Waals surface area contributed by atoms with E-state index < -0.39 is 0 Å². The van der Waals surface area contributed by atoms with Gasteiger partial charge in [0.25, 0.3) is 0 Å². The van der Waals surface area contributed by atoms with Gasteiger partial charge < -0.3 is 9.64 Å². The Balaban J connectivity index is 1.59. The van der Waals surface area contributed by atoms with E-state index in [4.69, 9.17) is 26.3 Å². The number of carbonyl (C=O) groups excluding carboxylic acids is 1. The van der Waals surface area contributed by atoms with Crippen LogP contribution in [0.5, 0.6) is 0 Å². The minimum Gasteiger partial charge on any atom is -0.466 e. The molecule has 5 rings (SSSR count). The van der Waals surface area contributed by atoms with Crippen molar-refractivity contribution < 1.29 is 13.9 Å². The molecule has 2 aromatic carbocycles. The lowest BCUT2D eigenvalue weighted by Crippen LogP contribution is -2.38. The topological polar surface area (TPSA) is 60.2 Å². The summed E-state index contributed by atoms with van der Waals surface area (Å²) in [5.74, 6) is 0.935. The Kier molecular flexibility index (Phi) is 5.66. The maximum absolute atomic E-state index is 13.6. The molecule has 170 valence electrons. The third-order valence-corrected chi connectivity index (χ3v) is 6.59. The van der Waals surface area contributed by atoms with Crippen molar-refractivity contribution in [3.05, 3.63) is 58.9 Å². The van der Waals surface area contributed by atoms with Crippen LogP contribution < -0.4 is 4.90 Å². The quantitative estimate of drug-likeness (QED) is 0.374. The van der Waals surface area contributed by atoms with Gasteiger partial charge in [-0.25, -0.2) is 14.4 Å². The number of benzene rings is 2. The highest BCUT2D eigenvalue weighted by Gasteiger charge is 2.29. The summed E-state index contributed by atoms with van der Waals surface area (Å²) >= 11 is 6.39. The van der Waals surface area contributed by atoms with Gasteiger partial charge >= 0.3 is 5.97 Å². The number of fused-ring (bicyclic) bond motifs is 2. The molecule has 4 aromatic rings. The second-order valence-corrected chi connectivity index (χ2v) is 8.76. The smallest absolute Gasteiger partial charge is 0.309 e. The lowest BCUT2D eigenvalue weighted by atomic mass is 9.97. The number of hydrogen-bond acceptors (Lipinski definition) is 5. The molecular formula is C25H24ClFN4O2. The van der Waals surface area contributed by atoms with Crippen LogP contribution in [0.1, 0.15) is 25.3 Å². The molecule has 0 N–H and O–H groups in total. The number of piperidine rings is 1. The van der Waals surface area contributed by atoms with Gasteiger partial charge in [-0.2, -0.15) is 0 Å². The number of aromatic nitrogens is 3. The normalized spacial score (nSPS) is 14.8. The minimum absolute atomic E-state index is 0.0931. The average molecular weight is 467 g/mol. The van der Waals surface area contributed by atoms with Crippen LogP contribution >= 0.6 is 11.6 Å². The molecule has 0 spiro atoms. The van der Waals surface area contributed by atoms with Gasteiger partial charge in [0.2, 0.25) is 5.95 Å². The molecule has 6 nitrogen and oxygen atoms in total. The molecular weight excluding hydrogens is 443 g/mol. The first-order chi connectivity index (χ1) is 15.9. The summed E-state index contributed by atoms with van der Waals surface area (Å²) in [6.45, 7) is 5.54. The Morgan fingerprint density at radius 2 is 1.91 bits per heavy atom. The lowest BCUT2D eigenvalue weighted by molar-refractivity contribution is -0.148. The molecule has 3 heterocycles. The third kappa shape index (κ3) is 4.02. The molecule has 0 amide bonds. The van der Waals surface area contributed by atoms with Crippen LogP contribution in [0.2, 0.25) is 5.02 Å². The van der Waals surface area contributed by atoms with E-state index in [2.05, 4.69) is 4.90 Å². The highest BCUT2D eigenvalue weighted by atomic mass is 35.5. The first-order valence-corrected chi connectivity index (χ1v) is 11.5. The van der Waals surface area contributed by atoms with Crippen LogP contribution in [-0.4, -0.2) is 40.2 Å². The Morgan fingerprint density at radius 1 is 1.12 bits per heavy atom. The zero-order valence-electron chi connectivity index (χ0n) is 18.5. The highest BCUT2D eigenvalue weighted by molar-refractivity contribution is 6.32. The number of hydrogen-bond donors (Lipinski definition) is 0. The van der Waals surface area contributed by atoms with E-state index in [1.807, 2.05) is 42.7 Å². The monoisotopic (exact) mass is 466 g/mol. The van der Waals surface area contributed by atoms with E-state index in [0.717, 1.165) is 27.9 Å². The van der Waals surface area contributed by atoms with Crippen molar-refractivity contribution in [1.29, 1.82) is 0 Å². The van der Waals surface area contributed by atoms with Gasteiger partial charge in [0, 0.05) is 23.5 Å². The maximum Gasteiger partial charge on any atom is 0.309 e. The number of pyridine rings is 1. The molecule has 0 aliphatic carbocycles. The second kappa shape index (κ2) is 8.63. The molecule has 8 heteroatoms. The Bertz CT molecular complexity index is 1360. The Labute approximate surface area is 195 Å². The zero-order valence-corrected chi connectivity index (χ0v) is 19.3. The first-order valence-electron chi connectivity index (χ1n) is 11.1. The summed E-state index contributed by atoms with van der Waals surface area (Å²) in [4.78, 5) is 24.1. The number of nitrogens with zero attached hydrogens (tertiary/aromatic N) is 4. The molecule has 0 radical (unpaired) electrons. The van der Waals surface area contributed by atoms with E-state index in [-0.39, 0.29) is 17.7 Å².